The third-order valence-electron chi connectivity index (χ3n) is 2.94. The van der Waals surface area contributed by atoms with E-state index in [-0.39, 0.29) is 19.1 Å². The predicted molar refractivity (Wildman–Crippen MR) is 46.4 cm³/mol. The summed E-state index contributed by atoms with van der Waals surface area (Å²) >= 11 is 0. The predicted octanol–water partition coefficient (Wildman–Crippen LogP) is 1.93. The van der Waals surface area contributed by atoms with Gasteiger partial charge >= 0.3 is 0 Å². The van der Waals surface area contributed by atoms with Crippen molar-refractivity contribution in [1.29, 1.82) is 5.26 Å². The van der Waals surface area contributed by atoms with Gasteiger partial charge in [-0.3, -0.25) is 0 Å². The average molecular weight is 171 g/mol. The maximum absolute atomic E-state index is 8.37. The molecular weight excluding hydrogens is 158 g/mol. The lowest BCUT2D eigenvalue weighted by Crippen LogP contribution is -2.24. The van der Waals surface area contributed by atoms with Crippen molar-refractivity contribution in [2.45, 2.75) is 37.7 Å². The highest BCUT2D eigenvalue weighted by Gasteiger charge is 2.46. The Labute approximate surface area is 74.0 Å². The molecule has 0 aromatic rings. The van der Waals surface area contributed by atoms with Crippen molar-refractivity contribution in [3.63, 3.8) is 0 Å². The number of ether oxygens (including phenoxy) is 1. The van der Waals surface area contributed by atoms with Gasteiger partial charge in [0.1, 0.15) is 5.60 Å². The van der Waals surface area contributed by atoms with E-state index in [0.717, 1.165) is 25.2 Å². The summed E-state index contributed by atoms with van der Waals surface area (Å²) in [5.74, 6) is 0.869. The van der Waals surface area contributed by atoms with Gasteiger partial charge in [0, 0.05) is 0 Å². The van der Waals surface area contributed by atoms with Gasteiger partial charge in [0.05, 0.1) is 0 Å². The minimum atomic E-state index is -0.000579. The molecule has 0 aromatic heterocycles. The number of hydrogen-bond donors (Lipinski definition) is 0. The Morgan fingerprint density at radius 2 is 2.00 bits per heavy atom. The third kappa shape index (κ3) is 1.32. The number of hydrogen-bond acceptors (Lipinski definition) is 2. The minimum absolute atomic E-state index is 0. The molecule has 2 aliphatic carbocycles. The maximum Gasteiger partial charge on any atom is 0.286 e. The topological polar surface area (TPSA) is 33.0 Å². The zero-order valence-electron chi connectivity index (χ0n) is 6.47. The molecule has 2 bridgehead atoms. The number of nitrogens with zero attached hydrogens (tertiary/aromatic N) is 1. The van der Waals surface area contributed by atoms with Crippen LogP contribution in [0.5, 0.6) is 0 Å². The summed E-state index contributed by atoms with van der Waals surface area (Å²) in [5, 5.41) is 8.37. The zero-order chi connectivity index (χ0) is 7.03. The molecule has 2 saturated carbocycles. The Balaban J connectivity index is 0.000000605. The SMILES string of the molecule is N#COC12CCC(CC1)C2.S. The molecule has 11 heavy (non-hydrogen) atoms. The van der Waals surface area contributed by atoms with Gasteiger partial charge < -0.3 is 4.74 Å². The van der Waals surface area contributed by atoms with Crippen LogP contribution in [0.2, 0.25) is 0 Å². The summed E-state index contributed by atoms with van der Waals surface area (Å²) < 4.78 is 5.09. The Kier molecular flexibility index (Phi) is 2.34. The van der Waals surface area contributed by atoms with E-state index in [9.17, 15) is 0 Å². The first-order valence-corrected chi connectivity index (χ1v) is 3.92. The monoisotopic (exact) mass is 171 g/mol. The van der Waals surface area contributed by atoms with Gasteiger partial charge in [-0.15, -0.1) is 0 Å². The van der Waals surface area contributed by atoms with Gasteiger partial charge in [-0.1, -0.05) is 0 Å². The van der Waals surface area contributed by atoms with Crippen LogP contribution in [0, 0.1) is 17.4 Å². The molecule has 0 aliphatic heterocycles. The van der Waals surface area contributed by atoms with E-state index < -0.39 is 0 Å². The fourth-order valence-electron chi connectivity index (χ4n) is 2.38. The molecule has 0 radical (unpaired) electrons. The summed E-state index contributed by atoms with van der Waals surface area (Å²) in [6.07, 6.45) is 7.76. The molecule has 0 amide bonds. The Morgan fingerprint density at radius 3 is 2.36 bits per heavy atom. The Hall–Kier alpha value is -0.360. The van der Waals surface area contributed by atoms with Crippen LogP contribution in [-0.4, -0.2) is 5.60 Å². The van der Waals surface area contributed by atoms with Crippen molar-refractivity contribution in [1.82, 2.24) is 0 Å². The molecule has 62 valence electrons. The molecule has 0 N–H and O–H groups in total. The number of rotatable bonds is 1. The van der Waals surface area contributed by atoms with E-state index in [4.69, 9.17) is 10.00 Å². The summed E-state index contributed by atoms with van der Waals surface area (Å²) in [6, 6.07) is 0. The summed E-state index contributed by atoms with van der Waals surface area (Å²) in [6.45, 7) is 0. The second-order valence-corrected chi connectivity index (χ2v) is 3.52. The highest BCUT2D eigenvalue weighted by atomic mass is 32.1. The molecule has 0 aromatic carbocycles. The fraction of sp³-hybridized carbons (Fsp3) is 0.875. The van der Waals surface area contributed by atoms with Crippen molar-refractivity contribution in [3.05, 3.63) is 0 Å². The van der Waals surface area contributed by atoms with E-state index in [1.54, 1.807) is 0 Å². The molecular formula is C8H13NOS. The average Bonchev–Trinajstić information content (AvgIpc) is 2.46. The van der Waals surface area contributed by atoms with Crippen molar-refractivity contribution in [3.8, 4) is 6.26 Å². The molecule has 0 unspecified atom stereocenters. The van der Waals surface area contributed by atoms with Crippen molar-refractivity contribution < 1.29 is 4.74 Å². The largest absolute Gasteiger partial charge is 0.421 e. The molecule has 0 spiro atoms. The van der Waals surface area contributed by atoms with Crippen LogP contribution in [0.25, 0.3) is 0 Å². The smallest absolute Gasteiger partial charge is 0.286 e. The molecule has 2 fully saturated rings. The Morgan fingerprint density at radius 1 is 1.36 bits per heavy atom. The quantitative estimate of drug-likeness (QED) is 0.565. The zero-order valence-corrected chi connectivity index (χ0v) is 7.47. The lowest BCUT2D eigenvalue weighted by Gasteiger charge is -2.22. The van der Waals surface area contributed by atoms with Gasteiger partial charge in [-0.05, 0) is 38.0 Å². The molecule has 2 nitrogen and oxygen atoms in total. The van der Waals surface area contributed by atoms with E-state index in [2.05, 4.69) is 0 Å². The van der Waals surface area contributed by atoms with Gasteiger partial charge in [0.15, 0.2) is 0 Å². The van der Waals surface area contributed by atoms with E-state index >= 15 is 0 Å². The van der Waals surface area contributed by atoms with Crippen LogP contribution in [0.3, 0.4) is 0 Å². The van der Waals surface area contributed by atoms with Crippen LogP contribution in [0.4, 0.5) is 0 Å². The molecule has 3 heteroatoms. The molecule has 2 rings (SSSR count). The van der Waals surface area contributed by atoms with Crippen LogP contribution in [0.1, 0.15) is 32.1 Å². The van der Waals surface area contributed by atoms with E-state index in [0.29, 0.717) is 0 Å². The van der Waals surface area contributed by atoms with Crippen LogP contribution >= 0.6 is 13.5 Å². The van der Waals surface area contributed by atoms with Gasteiger partial charge in [0.2, 0.25) is 0 Å². The second kappa shape index (κ2) is 2.94. The normalized spacial score (nSPS) is 39.4. The second-order valence-electron chi connectivity index (χ2n) is 3.52. The van der Waals surface area contributed by atoms with E-state index in [1.165, 1.54) is 12.8 Å². The van der Waals surface area contributed by atoms with Crippen molar-refractivity contribution in [2.24, 2.45) is 5.92 Å². The minimum Gasteiger partial charge on any atom is -0.421 e. The molecule has 0 saturated heterocycles. The molecule has 0 atom stereocenters. The first-order valence-electron chi connectivity index (χ1n) is 3.92. The number of fused-ring (bicyclic) bond motifs is 2. The summed E-state index contributed by atoms with van der Waals surface area (Å²) in [5.41, 5.74) is -0.000579. The Bertz CT molecular complexity index is 179. The van der Waals surface area contributed by atoms with Crippen molar-refractivity contribution in [2.75, 3.05) is 0 Å². The lowest BCUT2D eigenvalue weighted by atomic mass is 9.97. The first-order chi connectivity index (χ1) is 4.85. The first kappa shape index (κ1) is 8.73. The van der Waals surface area contributed by atoms with Gasteiger partial charge in [0.25, 0.3) is 6.26 Å². The van der Waals surface area contributed by atoms with Crippen molar-refractivity contribution >= 4 is 13.5 Å². The highest BCUT2D eigenvalue weighted by Crippen LogP contribution is 2.49. The standard InChI is InChI=1S/C8H11NO.H2S/c9-6-10-8-3-1-7(5-8)2-4-8;/h7H,1-5H2;1H2. The van der Waals surface area contributed by atoms with Crippen LogP contribution in [0.15, 0.2) is 0 Å². The summed E-state index contributed by atoms with van der Waals surface area (Å²) in [4.78, 5) is 0. The van der Waals surface area contributed by atoms with E-state index in [1.807, 2.05) is 6.26 Å². The number of nitriles is 1. The van der Waals surface area contributed by atoms with Gasteiger partial charge in [-0.2, -0.15) is 18.8 Å². The third-order valence-corrected chi connectivity index (χ3v) is 2.94. The summed E-state index contributed by atoms with van der Waals surface area (Å²) in [7, 11) is 0. The molecule has 2 aliphatic rings. The fourth-order valence-corrected chi connectivity index (χ4v) is 2.38. The highest BCUT2D eigenvalue weighted by molar-refractivity contribution is 7.59. The van der Waals surface area contributed by atoms with Crippen LogP contribution in [-0.2, 0) is 4.74 Å². The lowest BCUT2D eigenvalue weighted by molar-refractivity contribution is 0.0456. The maximum atomic E-state index is 8.37. The molecule has 0 heterocycles. The van der Waals surface area contributed by atoms with Crippen LogP contribution < -0.4 is 0 Å². The van der Waals surface area contributed by atoms with Gasteiger partial charge in [-0.25, -0.2) is 0 Å².